The zero-order valence-electron chi connectivity index (χ0n) is 36.3. The highest BCUT2D eigenvalue weighted by molar-refractivity contribution is 8.00. The second-order valence-electron chi connectivity index (χ2n) is 17.1. The van der Waals surface area contributed by atoms with E-state index in [9.17, 15) is 21.6 Å². The summed E-state index contributed by atoms with van der Waals surface area (Å²) in [6.07, 6.45) is 4.33. The van der Waals surface area contributed by atoms with Gasteiger partial charge in [-0.3, -0.25) is 9.80 Å². The van der Waals surface area contributed by atoms with E-state index >= 15 is 0 Å². The highest BCUT2D eigenvalue weighted by Crippen LogP contribution is 2.42. The second kappa shape index (κ2) is 23.4. The molecule has 3 heterocycles. The molecule has 0 saturated carbocycles. The van der Waals surface area contributed by atoms with Crippen LogP contribution in [0, 0.1) is 5.92 Å². The van der Waals surface area contributed by atoms with Gasteiger partial charge in [-0.2, -0.15) is 17.9 Å². The van der Waals surface area contributed by atoms with E-state index in [1.807, 2.05) is 49.4 Å². The lowest BCUT2D eigenvalue weighted by atomic mass is 9.80. The van der Waals surface area contributed by atoms with Gasteiger partial charge >= 0.3 is 5.51 Å². The van der Waals surface area contributed by atoms with Crippen LogP contribution in [0.3, 0.4) is 0 Å². The first kappa shape index (κ1) is 48.6. The van der Waals surface area contributed by atoms with Gasteiger partial charge in [0.15, 0.2) is 0 Å². The number of alkyl halides is 3. The molecule has 3 aromatic rings. The first-order valence-corrected chi connectivity index (χ1v) is 26.1. The number of nitrogens with zero attached hydrogens (tertiary/aromatic N) is 4. The Kier molecular flexibility index (Phi) is 18.0. The van der Waals surface area contributed by atoms with Gasteiger partial charge in [-0.1, -0.05) is 47.5 Å². The Morgan fingerprint density at radius 3 is 2.41 bits per heavy atom. The number of hydrogen-bond donors (Lipinski definition) is 3. The van der Waals surface area contributed by atoms with Gasteiger partial charge in [0.05, 0.1) is 17.7 Å². The van der Waals surface area contributed by atoms with Crippen molar-refractivity contribution < 1.29 is 26.3 Å². The maximum Gasteiger partial charge on any atom is 0.446 e. The highest BCUT2D eigenvalue weighted by atomic mass is 35.5. The molecular formula is C46H63ClF3N7O3S3. The fourth-order valence-electron chi connectivity index (χ4n) is 9.11. The van der Waals surface area contributed by atoms with E-state index in [1.54, 1.807) is 11.8 Å². The smallest absolute Gasteiger partial charge is 0.381 e. The van der Waals surface area contributed by atoms with E-state index in [0.717, 1.165) is 120 Å². The van der Waals surface area contributed by atoms with Crippen LogP contribution in [0.25, 0.3) is 5.57 Å². The summed E-state index contributed by atoms with van der Waals surface area (Å²) in [6, 6.07) is 22.0. The van der Waals surface area contributed by atoms with Crippen LogP contribution < -0.4 is 15.4 Å². The fourth-order valence-corrected chi connectivity index (χ4v) is 12.2. The van der Waals surface area contributed by atoms with Crippen molar-refractivity contribution in [1.29, 1.82) is 0 Å². The molecule has 17 heteroatoms. The van der Waals surface area contributed by atoms with E-state index in [-0.39, 0.29) is 33.3 Å². The van der Waals surface area contributed by atoms with Gasteiger partial charge in [-0.25, -0.2) is 8.42 Å². The maximum atomic E-state index is 14.1. The van der Waals surface area contributed by atoms with E-state index < -0.39 is 21.7 Å². The number of anilines is 1. The Labute approximate surface area is 386 Å². The number of benzene rings is 3. The van der Waals surface area contributed by atoms with Crippen LogP contribution in [0.4, 0.5) is 18.9 Å². The molecule has 0 aromatic heterocycles. The first-order chi connectivity index (χ1) is 30.4. The quantitative estimate of drug-likeness (QED) is 0.108. The van der Waals surface area contributed by atoms with E-state index in [4.69, 9.17) is 16.3 Å². The average molecular weight is 951 g/mol. The molecule has 7 rings (SSSR count). The van der Waals surface area contributed by atoms with Crippen LogP contribution in [0.15, 0.2) is 93.1 Å². The number of rotatable bonds is 18. The van der Waals surface area contributed by atoms with Crippen LogP contribution in [0.1, 0.15) is 44.6 Å². The Bertz CT molecular complexity index is 2030. The monoisotopic (exact) mass is 949 g/mol. The summed E-state index contributed by atoms with van der Waals surface area (Å²) < 4.78 is 78.4. The molecule has 3 aliphatic heterocycles. The summed E-state index contributed by atoms with van der Waals surface area (Å²) >= 11 is 7.62. The van der Waals surface area contributed by atoms with Crippen molar-refractivity contribution in [3.05, 3.63) is 89.0 Å². The van der Waals surface area contributed by atoms with Gasteiger partial charge in [0.25, 0.3) is 0 Å². The predicted octanol–water partition coefficient (Wildman–Crippen LogP) is 8.04. The number of hydrogen-bond acceptors (Lipinski definition) is 11. The molecular weight excluding hydrogens is 887 g/mol. The second-order valence-corrected chi connectivity index (χ2v) is 21.5. The Hall–Kier alpha value is -2.35. The zero-order valence-corrected chi connectivity index (χ0v) is 39.5. The van der Waals surface area contributed by atoms with Gasteiger partial charge in [0.1, 0.15) is 0 Å². The summed E-state index contributed by atoms with van der Waals surface area (Å²) in [4.78, 5) is 10.2. The third-order valence-electron chi connectivity index (χ3n) is 12.5. The lowest BCUT2D eigenvalue weighted by Crippen LogP contribution is -2.54. The van der Waals surface area contributed by atoms with Gasteiger partial charge < -0.3 is 25.2 Å². The number of ether oxygens (including phenoxy) is 1. The largest absolute Gasteiger partial charge is 0.446 e. The fraction of sp³-hybridized carbons (Fsp3) is 0.565. The average Bonchev–Trinajstić information content (AvgIpc) is 3.55. The molecule has 3 aromatic carbocycles. The predicted molar refractivity (Wildman–Crippen MR) is 252 cm³/mol. The standard InChI is InChI=1S/C46H63ClF3N7O3S3/c1-35(57-25-23-56(24-26-57)33-38-30-36(32-55-21-17-51-18-22-55)8-14-43(38)37-9-11-39(47)12-10-37)53-63(58,59)42-13-15-44(45(31-42)62-46(48,49)50)52-40(34-61-41-6-3-2-4-7-41)16-20-54-19-5-28-60-29-27-54/h2-4,6-7,9-13,15,31,35-36,40,51-53H,5,8,14,16-30,32-34H2,1H3. The molecule has 3 saturated heterocycles. The SMILES string of the molecule is CC(NS(=O)(=O)c1ccc(NC(CCN2CCCOCC2)CSc2ccccc2)c(SC(F)(F)F)c1)N1CCN(CC2=C(c3ccc(Cl)cc3)CCC(CN3CCNCC3)C2)CC1. The number of thioether (sulfide) groups is 2. The Balaban J connectivity index is 0.990. The molecule has 3 unspecified atom stereocenters. The van der Waals surface area contributed by atoms with Crippen LogP contribution in [0.5, 0.6) is 0 Å². The van der Waals surface area contributed by atoms with Crippen LogP contribution >= 0.6 is 35.1 Å². The number of sulfonamides is 1. The van der Waals surface area contributed by atoms with Crippen LogP contribution in [-0.2, 0) is 14.8 Å². The summed E-state index contributed by atoms with van der Waals surface area (Å²) in [6.45, 7) is 14.8. The van der Waals surface area contributed by atoms with E-state index in [0.29, 0.717) is 37.8 Å². The summed E-state index contributed by atoms with van der Waals surface area (Å²) in [7, 11) is -4.16. The molecule has 0 radical (unpaired) electrons. The van der Waals surface area contributed by atoms with Crippen molar-refractivity contribution >= 4 is 56.4 Å². The number of allylic oxidation sites excluding steroid dienone is 1. The minimum absolute atomic E-state index is 0.172. The maximum absolute atomic E-state index is 14.1. The minimum Gasteiger partial charge on any atom is -0.381 e. The minimum atomic E-state index is -4.62. The molecule has 0 bridgehead atoms. The highest BCUT2D eigenvalue weighted by Gasteiger charge is 2.33. The van der Waals surface area contributed by atoms with Crippen molar-refractivity contribution in [2.75, 3.05) is 109 Å². The van der Waals surface area contributed by atoms with E-state index in [2.05, 4.69) is 47.1 Å². The van der Waals surface area contributed by atoms with Crippen molar-refractivity contribution in [3.63, 3.8) is 0 Å². The van der Waals surface area contributed by atoms with Crippen molar-refractivity contribution in [1.82, 2.24) is 29.6 Å². The normalized spacial score (nSPS) is 21.6. The first-order valence-electron chi connectivity index (χ1n) is 22.4. The molecule has 346 valence electrons. The zero-order chi connectivity index (χ0) is 44.2. The molecule has 4 aliphatic rings. The number of nitrogens with one attached hydrogen (secondary N) is 3. The third-order valence-corrected chi connectivity index (χ3v) is 16.3. The van der Waals surface area contributed by atoms with Gasteiger partial charge in [0, 0.05) is 124 Å². The molecule has 0 amide bonds. The van der Waals surface area contributed by atoms with Crippen molar-refractivity contribution in [2.24, 2.45) is 5.92 Å². The lowest BCUT2D eigenvalue weighted by molar-refractivity contribution is -0.0328. The third kappa shape index (κ3) is 15.1. The van der Waals surface area contributed by atoms with Crippen LogP contribution in [-0.4, -0.2) is 150 Å². The molecule has 3 N–H and O–H groups in total. The number of piperazine rings is 2. The molecule has 3 fully saturated rings. The topological polar surface area (TPSA) is 92.4 Å². The van der Waals surface area contributed by atoms with Crippen molar-refractivity contribution in [2.45, 2.75) is 71.4 Å². The van der Waals surface area contributed by atoms with Gasteiger partial charge in [-0.05, 0) is 110 Å². The van der Waals surface area contributed by atoms with Gasteiger partial charge in [0.2, 0.25) is 10.0 Å². The molecule has 3 atom stereocenters. The summed E-state index contributed by atoms with van der Waals surface area (Å²) in [5, 5.41) is 7.59. The van der Waals surface area contributed by atoms with E-state index in [1.165, 1.54) is 28.8 Å². The molecule has 10 nitrogen and oxygen atoms in total. The Morgan fingerprint density at radius 1 is 0.905 bits per heavy atom. The Morgan fingerprint density at radius 2 is 1.67 bits per heavy atom. The molecule has 1 aliphatic carbocycles. The number of halogens is 4. The lowest BCUT2D eigenvalue weighted by Gasteiger charge is -2.40. The molecule has 63 heavy (non-hydrogen) atoms. The van der Waals surface area contributed by atoms with Crippen LogP contribution in [0.2, 0.25) is 5.02 Å². The van der Waals surface area contributed by atoms with Crippen molar-refractivity contribution in [3.8, 4) is 0 Å². The summed E-state index contributed by atoms with van der Waals surface area (Å²) in [5.74, 6) is 1.23. The van der Waals surface area contributed by atoms with Gasteiger partial charge in [-0.15, -0.1) is 11.8 Å². The molecule has 0 spiro atoms. The summed E-state index contributed by atoms with van der Waals surface area (Å²) in [5.41, 5.74) is -0.223.